The number of benzene rings is 1. The summed E-state index contributed by atoms with van der Waals surface area (Å²) >= 11 is 0. The molecule has 1 aliphatic carbocycles. The van der Waals surface area contributed by atoms with Crippen LogP contribution in [0.1, 0.15) is 54.4 Å². The summed E-state index contributed by atoms with van der Waals surface area (Å²) in [4.78, 5) is 12.0. The molecule has 1 fully saturated rings. The van der Waals surface area contributed by atoms with Crippen LogP contribution in [0.3, 0.4) is 0 Å². The predicted molar refractivity (Wildman–Crippen MR) is 70.4 cm³/mol. The fourth-order valence-electron chi connectivity index (χ4n) is 2.61. The topological polar surface area (TPSA) is 29.1 Å². The van der Waals surface area contributed by atoms with Gasteiger partial charge in [-0.15, -0.1) is 0 Å². The number of nitrogens with one attached hydrogen (secondary N) is 1. The van der Waals surface area contributed by atoms with Gasteiger partial charge >= 0.3 is 6.18 Å². The summed E-state index contributed by atoms with van der Waals surface area (Å²) in [6.07, 6.45) is 0.877. The van der Waals surface area contributed by atoms with Gasteiger partial charge in [0.25, 0.3) is 5.91 Å². The summed E-state index contributed by atoms with van der Waals surface area (Å²) in [6, 6.07) is 2.68. The average molecular weight is 303 g/mol. The Kier molecular flexibility index (Phi) is 4.85. The number of rotatable bonds is 2. The van der Waals surface area contributed by atoms with Crippen LogP contribution in [0.2, 0.25) is 0 Å². The van der Waals surface area contributed by atoms with Crippen molar-refractivity contribution < 1.29 is 22.4 Å². The SMILES string of the molecule is O=C(NC1CCCCCC1)c1cccc(C(F)(F)F)c1F. The fourth-order valence-corrected chi connectivity index (χ4v) is 2.61. The number of hydrogen-bond donors (Lipinski definition) is 1. The molecule has 0 radical (unpaired) electrons. The predicted octanol–water partition coefficient (Wildman–Crippen LogP) is 4.30. The van der Waals surface area contributed by atoms with Gasteiger partial charge in [-0.1, -0.05) is 31.7 Å². The summed E-state index contributed by atoms with van der Waals surface area (Å²) in [5, 5.41) is 2.65. The molecule has 1 aromatic carbocycles. The first kappa shape index (κ1) is 15.8. The third-order valence-electron chi connectivity index (χ3n) is 3.74. The zero-order valence-corrected chi connectivity index (χ0v) is 11.5. The van der Waals surface area contributed by atoms with E-state index in [-0.39, 0.29) is 6.04 Å². The molecule has 6 heteroatoms. The Hall–Kier alpha value is -1.59. The largest absolute Gasteiger partial charge is 0.419 e. The van der Waals surface area contributed by atoms with Crippen molar-refractivity contribution in [2.45, 2.75) is 50.7 Å². The number of carbonyl (C=O) groups excluding carboxylic acids is 1. The van der Waals surface area contributed by atoms with Crippen LogP contribution in [0.4, 0.5) is 17.6 Å². The van der Waals surface area contributed by atoms with Crippen LogP contribution in [0, 0.1) is 5.82 Å². The van der Waals surface area contributed by atoms with E-state index in [0.717, 1.165) is 50.7 Å². The first-order valence-corrected chi connectivity index (χ1v) is 7.06. The highest BCUT2D eigenvalue weighted by Crippen LogP contribution is 2.32. The van der Waals surface area contributed by atoms with Gasteiger partial charge in [0.2, 0.25) is 0 Å². The van der Waals surface area contributed by atoms with E-state index in [2.05, 4.69) is 5.32 Å². The second-order valence-corrected chi connectivity index (χ2v) is 5.33. The van der Waals surface area contributed by atoms with Crippen molar-refractivity contribution in [3.63, 3.8) is 0 Å². The van der Waals surface area contributed by atoms with Crippen molar-refractivity contribution in [1.29, 1.82) is 0 Å². The minimum Gasteiger partial charge on any atom is -0.349 e. The maximum Gasteiger partial charge on any atom is 0.419 e. The van der Waals surface area contributed by atoms with Crippen LogP contribution < -0.4 is 5.32 Å². The molecule has 116 valence electrons. The Labute approximate surface area is 120 Å². The highest BCUT2D eigenvalue weighted by molar-refractivity contribution is 5.94. The second kappa shape index (κ2) is 6.45. The third-order valence-corrected chi connectivity index (χ3v) is 3.74. The lowest BCUT2D eigenvalue weighted by Gasteiger charge is -2.17. The van der Waals surface area contributed by atoms with Gasteiger partial charge in [0.05, 0.1) is 11.1 Å². The molecule has 2 nitrogen and oxygen atoms in total. The Morgan fingerprint density at radius 2 is 1.71 bits per heavy atom. The molecular formula is C15H17F4NO. The Bertz CT molecular complexity index is 505. The van der Waals surface area contributed by atoms with E-state index in [4.69, 9.17) is 0 Å². The van der Waals surface area contributed by atoms with Crippen molar-refractivity contribution in [3.05, 3.63) is 35.1 Å². The zero-order valence-electron chi connectivity index (χ0n) is 11.5. The second-order valence-electron chi connectivity index (χ2n) is 5.33. The van der Waals surface area contributed by atoms with E-state index in [1.807, 2.05) is 0 Å². The van der Waals surface area contributed by atoms with Crippen LogP contribution in [-0.4, -0.2) is 11.9 Å². The van der Waals surface area contributed by atoms with Gasteiger partial charge in [0.1, 0.15) is 5.82 Å². The van der Waals surface area contributed by atoms with Crippen molar-refractivity contribution in [2.24, 2.45) is 0 Å². The van der Waals surface area contributed by atoms with Crippen LogP contribution in [0.15, 0.2) is 18.2 Å². The van der Waals surface area contributed by atoms with Crippen LogP contribution in [0.25, 0.3) is 0 Å². The fraction of sp³-hybridized carbons (Fsp3) is 0.533. The van der Waals surface area contributed by atoms with Crippen molar-refractivity contribution in [3.8, 4) is 0 Å². The monoisotopic (exact) mass is 303 g/mol. The van der Waals surface area contributed by atoms with Gasteiger partial charge in [0.15, 0.2) is 0 Å². The van der Waals surface area contributed by atoms with E-state index in [1.54, 1.807) is 0 Å². The normalized spacial score (nSPS) is 17.3. The van der Waals surface area contributed by atoms with Crippen molar-refractivity contribution >= 4 is 5.91 Å². The van der Waals surface area contributed by atoms with Crippen molar-refractivity contribution in [1.82, 2.24) is 5.32 Å². The molecule has 0 unspecified atom stereocenters. The van der Waals surface area contributed by atoms with E-state index in [1.165, 1.54) is 0 Å². The number of halogens is 4. The quantitative estimate of drug-likeness (QED) is 0.640. The summed E-state index contributed by atoms with van der Waals surface area (Å²) in [7, 11) is 0. The molecule has 1 aliphatic rings. The van der Waals surface area contributed by atoms with Crippen LogP contribution in [0.5, 0.6) is 0 Å². The molecule has 1 aromatic rings. The lowest BCUT2D eigenvalue weighted by atomic mass is 10.1. The van der Waals surface area contributed by atoms with Gasteiger partial charge in [0, 0.05) is 6.04 Å². The number of carbonyl (C=O) groups is 1. The van der Waals surface area contributed by atoms with Crippen LogP contribution in [-0.2, 0) is 6.18 Å². The van der Waals surface area contributed by atoms with Gasteiger partial charge in [-0.3, -0.25) is 4.79 Å². The Morgan fingerprint density at radius 1 is 1.10 bits per heavy atom. The average Bonchev–Trinajstić information content (AvgIpc) is 2.66. The smallest absolute Gasteiger partial charge is 0.349 e. The highest BCUT2D eigenvalue weighted by Gasteiger charge is 2.35. The molecule has 0 spiro atoms. The molecule has 0 heterocycles. The minimum atomic E-state index is -4.80. The minimum absolute atomic E-state index is 0.0889. The van der Waals surface area contributed by atoms with Gasteiger partial charge < -0.3 is 5.32 Å². The first-order chi connectivity index (χ1) is 9.89. The summed E-state index contributed by atoms with van der Waals surface area (Å²) < 4.78 is 51.8. The van der Waals surface area contributed by atoms with E-state index in [9.17, 15) is 22.4 Å². The molecule has 1 amide bonds. The lowest BCUT2D eigenvalue weighted by Crippen LogP contribution is -2.35. The molecule has 2 rings (SSSR count). The molecule has 21 heavy (non-hydrogen) atoms. The van der Waals surface area contributed by atoms with Crippen LogP contribution >= 0.6 is 0 Å². The molecule has 0 aromatic heterocycles. The molecule has 0 atom stereocenters. The Morgan fingerprint density at radius 3 is 2.29 bits per heavy atom. The molecule has 0 aliphatic heterocycles. The maximum absolute atomic E-state index is 13.9. The number of alkyl halides is 3. The lowest BCUT2D eigenvalue weighted by molar-refractivity contribution is -0.140. The Balaban J connectivity index is 2.15. The molecule has 0 bridgehead atoms. The van der Waals surface area contributed by atoms with E-state index < -0.39 is 29.0 Å². The zero-order chi connectivity index (χ0) is 15.5. The van der Waals surface area contributed by atoms with E-state index in [0.29, 0.717) is 6.07 Å². The highest BCUT2D eigenvalue weighted by atomic mass is 19.4. The standard InChI is InChI=1S/C15H17F4NO/c16-13-11(8-5-9-12(13)15(17,18)19)14(21)20-10-6-3-1-2-4-7-10/h5,8-10H,1-4,6-7H2,(H,20,21). The first-order valence-electron chi connectivity index (χ1n) is 7.06. The van der Waals surface area contributed by atoms with Crippen molar-refractivity contribution in [2.75, 3.05) is 0 Å². The summed E-state index contributed by atoms with van der Waals surface area (Å²) in [5.74, 6) is -2.28. The van der Waals surface area contributed by atoms with E-state index >= 15 is 0 Å². The van der Waals surface area contributed by atoms with Gasteiger partial charge in [-0.2, -0.15) is 13.2 Å². The number of amides is 1. The molecule has 0 saturated heterocycles. The molecular weight excluding hydrogens is 286 g/mol. The molecule has 1 saturated carbocycles. The van der Waals surface area contributed by atoms with Gasteiger partial charge in [-0.25, -0.2) is 4.39 Å². The maximum atomic E-state index is 13.9. The van der Waals surface area contributed by atoms with Gasteiger partial charge in [-0.05, 0) is 25.0 Å². The third kappa shape index (κ3) is 3.95. The summed E-state index contributed by atoms with van der Waals surface area (Å²) in [5.41, 5.74) is -1.95. The number of hydrogen-bond acceptors (Lipinski definition) is 1. The summed E-state index contributed by atoms with van der Waals surface area (Å²) in [6.45, 7) is 0. The molecule has 1 N–H and O–H groups in total.